The van der Waals surface area contributed by atoms with Gasteiger partial charge in [-0.25, -0.2) is 15.2 Å². The van der Waals surface area contributed by atoms with Gasteiger partial charge in [0.1, 0.15) is 5.82 Å². The SMILES string of the molecule is CNNc1cccc(C(=O)O)n1. The van der Waals surface area contributed by atoms with Gasteiger partial charge >= 0.3 is 5.97 Å². The lowest BCUT2D eigenvalue weighted by Crippen LogP contribution is -2.16. The number of pyridine rings is 1. The van der Waals surface area contributed by atoms with Crippen molar-refractivity contribution >= 4 is 11.8 Å². The van der Waals surface area contributed by atoms with Crippen LogP contribution in [0.25, 0.3) is 0 Å². The van der Waals surface area contributed by atoms with Crippen LogP contribution < -0.4 is 10.9 Å². The van der Waals surface area contributed by atoms with Gasteiger partial charge in [-0.2, -0.15) is 0 Å². The maximum atomic E-state index is 10.4. The molecule has 5 nitrogen and oxygen atoms in total. The summed E-state index contributed by atoms with van der Waals surface area (Å²) in [4.78, 5) is 14.2. The molecule has 64 valence electrons. The van der Waals surface area contributed by atoms with Crippen LogP contribution in [0.1, 0.15) is 10.5 Å². The number of rotatable bonds is 3. The van der Waals surface area contributed by atoms with Gasteiger partial charge in [0, 0.05) is 7.05 Å². The van der Waals surface area contributed by atoms with Gasteiger partial charge in [0.15, 0.2) is 5.69 Å². The van der Waals surface area contributed by atoms with Crippen molar-refractivity contribution in [2.75, 3.05) is 12.5 Å². The first-order valence-electron chi connectivity index (χ1n) is 3.37. The third-order valence-electron chi connectivity index (χ3n) is 1.22. The molecule has 12 heavy (non-hydrogen) atoms. The highest BCUT2D eigenvalue weighted by molar-refractivity contribution is 5.85. The van der Waals surface area contributed by atoms with E-state index in [-0.39, 0.29) is 5.69 Å². The Morgan fingerprint density at radius 2 is 2.33 bits per heavy atom. The topological polar surface area (TPSA) is 74.2 Å². The lowest BCUT2D eigenvalue weighted by Gasteiger charge is -2.02. The predicted molar refractivity (Wildman–Crippen MR) is 43.9 cm³/mol. The minimum atomic E-state index is -1.03. The molecule has 0 aliphatic heterocycles. The minimum absolute atomic E-state index is 0.0234. The number of aromatic nitrogens is 1. The van der Waals surface area contributed by atoms with E-state index in [0.29, 0.717) is 5.82 Å². The summed E-state index contributed by atoms with van der Waals surface area (Å²) in [6.07, 6.45) is 0. The quantitative estimate of drug-likeness (QED) is 0.565. The molecule has 0 saturated heterocycles. The Bertz CT molecular complexity index is 288. The average Bonchev–Trinajstić information content (AvgIpc) is 2.05. The minimum Gasteiger partial charge on any atom is -0.477 e. The van der Waals surface area contributed by atoms with Crippen LogP contribution in [0.5, 0.6) is 0 Å². The van der Waals surface area contributed by atoms with Crippen LogP contribution in [0, 0.1) is 0 Å². The molecule has 0 aliphatic rings. The number of nitrogens with zero attached hydrogens (tertiary/aromatic N) is 1. The second-order valence-electron chi connectivity index (χ2n) is 2.09. The van der Waals surface area contributed by atoms with Crippen LogP contribution in [-0.2, 0) is 0 Å². The van der Waals surface area contributed by atoms with E-state index in [0.717, 1.165) is 0 Å². The fourth-order valence-corrected chi connectivity index (χ4v) is 0.752. The molecule has 0 saturated carbocycles. The fourth-order valence-electron chi connectivity index (χ4n) is 0.752. The molecule has 0 fully saturated rings. The average molecular weight is 167 g/mol. The summed E-state index contributed by atoms with van der Waals surface area (Å²) in [6, 6.07) is 4.72. The smallest absolute Gasteiger partial charge is 0.354 e. The van der Waals surface area contributed by atoms with E-state index in [1.807, 2.05) is 0 Å². The standard InChI is InChI=1S/C7H9N3O2/c1-8-10-6-4-2-3-5(9-6)7(11)12/h2-4,8H,1H3,(H,9,10)(H,11,12). The Morgan fingerprint density at radius 3 is 2.92 bits per heavy atom. The highest BCUT2D eigenvalue weighted by Crippen LogP contribution is 2.02. The van der Waals surface area contributed by atoms with E-state index in [1.54, 1.807) is 19.2 Å². The molecule has 5 heteroatoms. The lowest BCUT2D eigenvalue weighted by atomic mass is 10.3. The third kappa shape index (κ3) is 1.93. The van der Waals surface area contributed by atoms with Crippen molar-refractivity contribution in [2.24, 2.45) is 0 Å². The Balaban J connectivity index is 2.88. The van der Waals surface area contributed by atoms with E-state index >= 15 is 0 Å². The molecule has 0 aliphatic carbocycles. The van der Waals surface area contributed by atoms with Crippen molar-refractivity contribution in [3.63, 3.8) is 0 Å². The summed E-state index contributed by atoms with van der Waals surface area (Å²) in [6.45, 7) is 0. The summed E-state index contributed by atoms with van der Waals surface area (Å²) >= 11 is 0. The summed E-state index contributed by atoms with van der Waals surface area (Å²) in [5.74, 6) is -0.549. The highest BCUT2D eigenvalue weighted by Gasteiger charge is 2.03. The maximum absolute atomic E-state index is 10.4. The van der Waals surface area contributed by atoms with Crippen molar-refractivity contribution in [1.82, 2.24) is 10.4 Å². The van der Waals surface area contributed by atoms with Crippen molar-refractivity contribution in [3.8, 4) is 0 Å². The van der Waals surface area contributed by atoms with E-state index in [1.165, 1.54) is 6.07 Å². The van der Waals surface area contributed by atoms with Gasteiger partial charge in [0.05, 0.1) is 0 Å². The van der Waals surface area contributed by atoms with E-state index in [4.69, 9.17) is 5.11 Å². The fraction of sp³-hybridized carbons (Fsp3) is 0.143. The van der Waals surface area contributed by atoms with E-state index in [9.17, 15) is 4.79 Å². The van der Waals surface area contributed by atoms with Crippen molar-refractivity contribution in [1.29, 1.82) is 0 Å². The van der Waals surface area contributed by atoms with Gasteiger partial charge in [-0.1, -0.05) is 6.07 Å². The molecule has 0 unspecified atom stereocenters. The molecule has 3 N–H and O–H groups in total. The molecule has 0 atom stereocenters. The van der Waals surface area contributed by atoms with Gasteiger partial charge in [0.2, 0.25) is 0 Å². The van der Waals surface area contributed by atoms with Gasteiger partial charge in [-0.3, -0.25) is 0 Å². The van der Waals surface area contributed by atoms with Crippen molar-refractivity contribution < 1.29 is 9.90 Å². The first kappa shape index (κ1) is 8.48. The van der Waals surface area contributed by atoms with Gasteiger partial charge < -0.3 is 10.5 Å². The van der Waals surface area contributed by atoms with E-state index < -0.39 is 5.97 Å². The molecule has 0 aromatic carbocycles. The maximum Gasteiger partial charge on any atom is 0.354 e. The molecule has 1 rings (SSSR count). The Labute approximate surface area is 69.4 Å². The van der Waals surface area contributed by atoms with Crippen LogP contribution in [0.15, 0.2) is 18.2 Å². The summed E-state index contributed by atoms with van der Waals surface area (Å²) < 4.78 is 0. The summed E-state index contributed by atoms with van der Waals surface area (Å²) in [7, 11) is 1.68. The highest BCUT2D eigenvalue weighted by atomic mass is 16.4. The second kappa shape index (κ2) is 3.68. The predicted octanol–water partition coefficient (Wildman–Crippen LogP) is 0.326. The number of anilines is 1. The van der Waals surface area contributed by atoms with Gasteiger partial charge in [-0.05, 0) is 12.1 Å². The molecule has 0 bridgehead atoms. The van der Waals surface area contributed by atoms with Crippen LogP contribution in [0.3, 0.4) is 0 Å². The first-order valence-corrected chi connectivity index (χ1v) is 3.37. The van der Waals surface area contributed by atoms with Crippen LogP contribution in [-0.4, -0.2) is 23.1 Å². The number of hydrazine groups is 1. The van der Waals surface area contributed by atoms with Crippen LogP contribution in [0.4, 0.5) is 5.82 Å². The second-order valence-corrected chi connectivity index (χ2v) is 2.09. The molecule has 0 spiro atoms. The monoisotopic (exact) mass is 167 g/mol. The van der Waals surface area contributed by atoms with Gasteiger partial charge in [-0.15, -0.1) is 0 Å². The normalized spacial score (nSPS) is 9.42. The Morgan fingerprint density at radius 1 is 1.58 bits per heavy atom. The number of carboxylic acid groups (broad SMARTS) is 1. The molecule has 0 amide bonds. The van der Waals surface area contributed by atoms with Crippen molar-refractivity contribution in [2.45, 2.75) is 0 Å². The molecule has 1 heterocycles. The zero-order valence-electron chi connectivity index (χ0n) is 6.53. The number of nitrogens with one attached hydrogen (secondary N) is 2. The first-order chi connectivity index (χ1) is 5.74. The molecular weight excluding hydrogens is 158 g/mol. The molecule has 1 aromatic rings. The molecule has 1 aromatic heterocycles. The summed E-state index contributed by atoms with van der Waals surface area (Å²) in [5, 5.41) is 8.57. The number of carboxylic acids is 1. The van der Waals surface area contributed by atoms with Gasteiger partial charge in [0.25, 0.3) is 0 Å². The lowest BCUT2D eigenvalue weighted by molar-refractivity contribution is 0.0690. The van der Waals surface area contributed by atoms with Crippen LogP contribution >= 0.6 is 0 Å². The molecule has 0 radical (unpaired) electrons. The zero-order valence-corrected chi connectivity index (χ0v) is 6.53. The van der Waals surface area contributed by atoms with Crippen molar-refractivity contribution in [3.05, 3.63) is 23.9 Å². The Hall–Kier alpha value is -1.62. The number of hydrogen-bond acceptors (Lipinski definition) is 4. The largest absolute Gasteiger partial charge is 0.477 e. The Kier molecular flexibility index (Phi) is 2.60. The van der Waals surface area contributed by atoms with Crippen LogP contribution in [0.2, 0.25) is 0 Å². The molecular formula is C7H9N3O2. The summed E-state index contributed by atoms with van der Waals surface area (Å²) in [5.41, 5.74) is 5.35. The number of aromatic carboxylic acids is 1. The zero-order chi connectivity index (χ0) is 8.97. The third-order valence-corrected chi connectivity index (χ3v) is 1.22. The number of hydrogen-bond donors (Lipinski definition) is 3. The number of carbonyl (C=O) groups is 1. The van der Waals surface area contributed by atoms with E-state index in [2.05, 4.69) is 15.8 Å².